The van der Waals surface area contributed by atoms with E-state index in [9.17, 15) is 4.79 Å². The Kier molecular flexibility index (Phi) is 79.9. The molecule has 0 heterocycles. The molecular weight excluding hydrogens is 221 g/mol. The quantitative estimate of drug-likeness (QED) is 0.320. The third kappa shape index (κ3) is 44.9. The number of hydrogen-bond donors (Lipinski definition) is 0. The Balaban J connectivity index is -0.0000000133. The van der Waals surface area contributed by atoms with Crippen LogP contribution >= 0.6 is 11.6 Å². The molecule has 9 heavy (non-hydrogen) atoms. The summed E-state index contributed by atoms with van der Waals surface area (Å²) in [5.74, 6) is 0. The zero-order valence-electron chi connectivity index (χ0n) is 4.70. The van der Waals surface area contributed by atoms with Crippen LogP contribution in [0.5, 0.6) is 0 Å². The fraction of sp³-hybridized carbons (Fsp3) is 0.667. The van der Waals surface area contributed by atoms with E-state index in [0.717, 1.165) is 0 Å². The molecule has 0 aliphatic rings. The summed E-state index contributed by atoms with van der Waals surface area (Å²) in [4.78, 5) is 9.58. The van der Waals surface area contributed by atoms with Crippen molar-refractivity contribution in [3.63, 3.8) is 0 Å². The van der Waals surface area contributed by atoms with E-state index in [1.807, 2.05) is 0 Å². The zero-order valence-corrected chi connectivity index (χ0v) is 8.88. The second kappa shape index (κ2) is 22.8. The van der Waals surface area contributed by atoms with Crippen molar-refractivity contribution in [2.24, 2.45) is 0 Å². The van der Waals surface area contributed by atoms with Gasteiger partial charge in [-0.25, -0.2) is 0 Å². The Bertz CT molecular complexity index is 51.1. The Labute approximate surface area is 89.3 Å². The van der Waals surface area contributed by atoms with Crippen LogP contribution in [0.25, 0.3) is 0 Å². The van der Waals surface area contributed by atoms with Crippen molar-refractivity contribution in [2.75, 3.05) is 0 Å². The van der Waals surface area contributed by atoms with Crippen LogP contribution < -0.4 is 37.2 Å². The Morgan fingerprint density at radius 2 is 1.44 bits per heavy atom. The average Bonchev–Trinajstić information content (AvgIpc) is 1.38. The van der Waals surface area contributed by atoms with Crippen molar-refractivity contribution in [1.82, 2.24) is 0 Å². The van der Waals surface area contributed by atoms with E-state index in [4.69, 9.17) is 11.6 Å². The fourth-order valence-electron chi connectivity index (χ4n) is 0. The second-order valence-electron chi connectivity index (χ2n) is 0.709. The van der Waals surface area contributed by atoms with E-state index in [0.29, 0.717) is 6.42 Å². The van der Waals surface area contributed by atoms with E-state index in [-0.39, 0.29) is 59.8 Å². The molecule has 0 aliphatic carbocycles. The molecule has 0 fully saturated rings. The van der Waals surface area contributed by atoms with Crippen LogP contribution in [0.1, 0.15) is 13.3 Å². The molecule has 6 heteroatoms. The van der Waals surface area contributed by atoms with E-state index >= 15 is 0 Å². The smallest absolute Gasteiger partial charge is 1.00 e. The molecule has 0 atom stereocenters. The van der Waals surface area contributed by atoms with Gasteiger partial charge in [0.2, 0.25) is 5.24 Å². The van der Waals surface area contributed by atoms with Crippen molar-refractivity contribution < 1.29 is 42.0 Å². The predicted molar refractivity (Wildman–Crippen MR) is 26.9 cm³/mol. The first-order valence-corrected chi connectivity index (χ1v) is 1.83. The van der Waals surface area contributed by atoms with Crippen molar-refractivity contribution in [2.45, 2.75) is 13.3 Å². The summed E-state index contributed by atoms with van der Waals surface area (Å²) in [5, 5.41) is -0.273. The number of hydrogen-bond acceptors (Lipinski definition) is 1. The van der Waals surface area contributed by atoms with Crippen LogP contribution in [0.4, 0.5) is 0 Å². The minimum atomic E-state index is -0.273. The van der Waals surface area contributed by atoms with E-state index in [1.54, 1.807) is 6.92 Å². The summed E-state index contributed by atoms with van der Waals surface area (Å²) < 4.78 is 0. The molecule has 0 spiro atoms. The topological polar surface area (TPSA) is 17.1 Å². The molecule has 0 radical (unpaired) electrons. The summed E-state index contributed by atoms with van der Waals surface area (Å²) in [7, 11) is 0. The van der Waals surface area contributed by atoms with Crippen LogP contribution in [-0.4, -0.2) is 22.6 Å². The van der Waals surface area contributed by atoms with Crippen molar-refractivity contribution in [1.29, 1.82) is 0 Å². The van der Waals surface area contributed by atoms with Crippen LogP contribution in [-0.2, 0) is 4.79 Å². The molecule has 0 aromatic heterocycles. The van der Waals surface area contributed by atoms with Gasteiger partial charge in [0, 0.05) is 6.42 Å². The molecule has 0 aromatic rings. The molecule has 54 valence electrons. The van der Waals surface area contributed by atoms with Gasteiger partial charge in [0.15, 0.2) is 0 Å². The maximum Gasteiger partial charge on any atom is 3.00 e. The van der Waals surface area contributed by atoms with Gasteiger partial charge in [-0.05, 0) is 11.6 Å². The molecule has 1 nitrogen and oxygen atoms in total. The zero-order chi connectivity index (χ0) is 4.28. The Morgan fingerprint density at radius 3 is 1.44 bits per heavy atom. The van der Waals surface area contributed by atoms with Gasteiger partial charge in [-0.2, -0.15) is 0 Å². The van der Waals surface area contributed by atoms with Gasteiger partial charge in [-0.3, -0.25) is 4.79 Å². The van der Waals surface area contributed by atoms with Crippen molar-refractivity contribution >= 4 is 34.2 Å². The number of carbonyl (C=O) groups excluding carboxylic acids is 1. The maximum absolute atomic E-state index is 9.58. The first-order chi connectivity index (χ1) is 2.27. The Morgan fingerprint density at radius 1 is 1.33 bits per heavy atom. The molecule has 0 rings (SSSR count). The average molecular weight is 226 g/mol. The van der Waals surface area contributed by atoms with Gasteiger partial charge in [0.25, 0.3) is 0 Å². The normalized spacial score (nSPS) is 4.22. The molecule has 0 bridgehead atoms. The Hall–Kier alpha value is 1.36. The van der Waals surface area contributed by atoms with Crippen LogP contribution in [0.2, 0.25) is 0 Å². The molecule has 0 saturated carbocycles. The molecule has 0 aliphatic heterocycles. The second-order valence-corrected chi connectivity index (χ2v) is 1.13. The summed E-state index contributed by atoms with van der Waals surface area (Å²) in [6.45, 7) is 1.72. The summed E-state index contributed by atoms with van der Waals surface area (Å²) in [5.41, 5.74) is 0. The third-order valence-electron chi connectivity index (χ3n) is 0.278. The minimum absolute atomic E-state index is 0. The summed E-state index contributed by atoms with van der Waals surface area (Å²) >= 11 is 4.82. The van der Waals surface area contributed by atoms with E-state index in [1.165, 1.54) is 0 Å². The number of carbonyl (C=O) groups is 1. The van der Waals surface area contributed by atoms with Crippen LogP contribution in [0, 0.1) is 0 Å². The molecule has 0 saturated heterocycles. The molecule has 0 aromatic carbocycles. The molecule has 0 amide bonds. The van der Waals surface area contributed by atoms with Crippen LogP contribution in [0.15, 0.2) is 0 Å². The molecular formula is C3H5AlCl4O. The number of halogens is 4. The van der Waals surface area contributed by atoms with Gasteiger partial charge in [0.1, 0.15) is 0 Å². The van der Waals surface area contributed by atoms with Gasteiger partial charge in [0.05, 0.1) is 0 Å². The van der Waals surface area contributed by atoms with Gasteiger partial charge < -0.3 is 37.2 Å². The number of rotatable bonds is 1. The maximum atomic E-state index is 9.58. The van der Waals surface area contributed by atoms with Crippen LogP contribution in [0.3, 0.4) is 0 Å². The standard InChI is InChI=1S/C3H5ClO.Al.3ClH/c1-2-3(4)5;;;;/h2H2,1H3;;3*1H/q;+3;;;/p-3. The monoisotopic (exact) mass is 224 g/mol. The predicted octanol–water partition coefficient (Wildman–Crippen LogP) is -8.21. The molecule has 0 N–H and O–H groups in total. The third-order valence-corrected chi connectivity index (χ3v) is 0.545. The fourth-order valence-corrected chi connectivity index (χ4v) is 0. The first-order valence-electron chi connectivity index (χ1n) is 1.45. The van der Waals surface area contributed by atoms with E-state index < -0.39 is 0 Å². The van der Waals surface area contributed by atoms with E-state index in [2.05, 4.69) is 0 Å². The minimum Gasteiger partial charge on any atom is -1.00 e. The SMILES string of the molecule is CCC(=O)Cl.[Al+3].[Cl-].[Cl-].[Cl-]. The van der Waals surface area contributed by atoms with Crippen molar-refractivity contribution in [3.05, 3.63) is 0 Å². The largest absolute Gasteiger partial charge is 3.00 e. The van der Waals surface area contributed by atoms with Gasteiger partial charge in [-0.1, -0.05) is 6.92 Å². The molecule has 0 unspecified atom stereocenters. The summed E-state index contributed by atoms with van der Waals surface area (Å²) in [6, 6.07) is 0. The van der Waals surface area contributed by atoms with Gasteiger partial charge in [-0.15, -0.1) is 0 Å². The summed E-state index contributed by atoms with van der Waals surface area (Å²) in [6.07, 6.45) is 0.432. The first kappa shape index (κ1) is 31.6. The van der Waals surface area contributed by atoms with Crippen molar-refractivity contribution in [3.8, 4) is 0 Å². The van der Waals surface area contributed by atoms with Gasteiger partial charge >= 0.3 is 17.4 Å².